The summed E-state index contributed by atoms with van der Waals surface area (Å²) in [6.45, 7) is 3.37. The lowest BCUT2D eigenvalue weighted by atomic mass is 9.97. The molecule has 114 valence electrons. The maximum absolute atomic E-state index is 12.2. The van der Waals surface area contributed by atoms with E-state index < -0.39 is 0 Å². The van der Waals surface area contributed by atoms with E-state index in [2.05, 4.69) is 10.1 Å². The third kappa shape index (κ3) is 3.20. The summed E-state index contributed by atoms with van der Waals surface area (Å²) in [4.78, 5) is 31.5. The van der Waals surface area contributed by atoms with Crippen LogP contribution < -0.4 is 0 Å². The highest BCUT2D eigenvalue weighted by atomic mass is 32.2. The zero-order valence-electron chi connectivity index (χ0n) is 11.9. The first kappa shape index (κ1) is 14.4. The molecule has 2 aliphatic heterocycles. The second kappa shape index (κ2) is 6.05. The fraction of sp³-hybridized carbons (Fsp3) is 0.692. The summed E-state index contributed by atoms with van der Waals surface area (Å²) in [6.07, 6.45) is 1.66. The lowest BCUT2D eigenvalue weighted by Crippen LogP contribution is -2.44. The summed E-state index contributed by atoms with van der Waals surface area (Å²) in [5, 5.41) is 3.81. The fourth-order valence-corrected chi connectivity index (χ4v) is 3.56. The molecule has 0 N–H and O–H groups in total. The molecule has 0 unspecified atom stereocenters. The normalized spacial score (nSPS) is 20.3. The Morgan fingerprint density at radius 2 is 2.19 bits per heavy atom. The van der Waals surface area contributed by atoms with Gasteiger partial charge in [-0.1, -0.05) is 5.16 Å². The molecule has 3 heterocycles. The van der Waals surface area contributed by atoms with E-state index in [4.69, 9.17) is 4.52 Å². The number of aryl methyl sites for hydroxylation is 1. The van der Waals surface area contributed by atoms with Crippen molar-refractivity contribution in [2.24, 2.45) is 0 Å². The number of rotatable bonds is 3. The van der Waals surface area contributed by atoms with Gasteiger partial charge in [0.1, 0.15) is 6.54 Å². The van der Waals surface area contributed by atoms with Crippen LogP contribution in [0.1, 0.15) is 30.5 Å². The fourth-order valence-electron chi connectivity index (χ4n) is 2.66. The van der Waals surface area contributed by atoms with Crippen molar-refractivity contribution in [3.63, 3.8) is 0 Å². The number of hydrogen-bond donors (Lipinski definition) is 0. The van der Waals surface area contributed by atoms with Gasteiger partial charge in [-0.05, 0) is 19.8 Å². The van der Waals surface area contributed by atoms with Crippen molar-refractivity contribution in [3.05, 3.63) is 11.7 Å². The number of aromatic nitrogens is 2. The molecule has 2 aliphatic rings. The van der Waals surface area contributed by atoms with E-state index in [0.717, 1.165) is 12.8 Å². The molecule has 0 aromatic carbocycles. The molecule has 7 nitrogen and oxygen atoms in total. The standard InChI is InChI=1S/C13H18N4O3S/c1-9-14-13(20-15-9)10-2-4-16(5-3-10)11(18)6-17-8-21-7-12(17)19/h10H,2-8H2,1H3. The molecule has 0 bridgehead atoms. The van der Waals surface area contributed by atoms with Crippen LogP contribution in [0.15, 0.2) is 4.52 Å². The predicted molar refractivity (Wildman–Crippen MR) is 76.6 cm³/mol. The van der Waals surface area contributed by atoms with Crippen molar-refractivity contribution in [1.82, 2.24) is 19.9 Å². The predicted octanol–water partition coefficient (Wildman–Crippen LogP) is 0.617. The lowest BCUT2D eigenvalue weighted by Gasteiger charge is -2.31. The van der Waals surface area contributed by atoms with Crippen LogP contribution in [0, 0.1) is 6.92 Å². The minimum atomic E-state index is 0.0333. The van der Waals surface area contributed by atoms with E-state index in [1.165, 1.54) is 0 Å². The Labute approximate surface area is 127 Å². The van der Waals surface area contributed by atoms with Crippen molar-refractivity contribution in [3.8, 4) is 0 Å². The minimum absolute atomic E-state index is 0.0333. The number of nitrogens with zero attached hydrogens (tertiary/aromatic N) is 4. The monoisotopic (exact) mass is 310 g/mol. The molecule has 2 saturated heterocycles. The van der Waals surface area contributed by atoms with Crippen molar-refractivity contribution in [2.45, 2.75) is 25.7 Å². The number of piperidine rings is 1. The van der Waals surface area contributed by atoms with Crippen LogP contribution in [-0.4, -0.2) is 63.0 Å². The number of amides is 2. The topological polar surface area (TPSA) is 79.5 Å². The van der Waals surface area contributed by atoms with Crippen molar-refractivity contribution in [1.29, 1.82) is 0 Å². The zero-order valence-corrected chi connectivity index (χ0v) is 12.8. The molecule has 0 atom stereocenters. The Morgan fingerprint density at radius 3 is 2.76 bits per heavy atom. The van der Waals surface area contributed by atoms with Crippen LogP contribution in [0.5, 0.6) is 0 Å². The molecule has 2 fully saturated rings. The van der Waals surface area contributed by atoms with E-state index in [1.807, 2.05) is 4.90 Å². The van der Waals surface area contributed by atoms with Gasteiger partial charge in [0.05, 0.1) is 11.6 Å². The Morgan fingerprint density at radius 1 is 1.43 bits per heavy atom. The highest BCUT2D eigenvalue weighted by Gasteiger charge is 2.29. The second-order valence-corrected chi connectivity index (χ2v) is 6.36. The molecule has 3 rings (SSSR count). The Hall–Kier alpha value is -1.57. The molecule has 2 amide bonds. The molecule has 0 saturated carbocycles. The first-order valence-electron chi connectivity index (χ1n) is 7.07. The molecule has 8 heteroatoms. The summed E-state index contributed by atoms with van der Waals surface area (Å²) in [5.74, 6) is 2.77. The van der Waals surface area contributed by atoms with Crippen LogP contribution in [0.25, 0.3) is 0 Å². The SMILES string of the molecule is Cc1noc(C2CCN(C(=O)CN3CSCC3=O)CC2)n1. The van der Waals surface area contributed by atoms with E-state index >= 15 is 0 Å². The maximum Gasteiger partial charge on any atom is 0.242 e. The van der Waals surface area contributed by atoms with Gasteiger partial charge >= 0.3 is 0 Å². The molecule has 0 aliphatic carbocycles. The smallest absolute Gasteiger partial charge is 0.242 e. The summed E-state index contributed by atoms with van der Waals surface area (Å²) < 4.78 is 5.20. The molecule has 1 aromatic rings. The number of likely N-dealkylation sites (tertiary alicyclic amines) is 1. The Bertz CT molecular complexity index is 539. The van der Waals surface area contributed by atoms with Crippen molar-refractivity contribution >= 4 is 23.6 Å². The first-order valence-corrected chi connectivity index (χ1v) is 8.22. The van der Waals surface area contributed by atoms with Gasteiger partial charge in [-0.15, -0.1) is 11.8 Å². The van der Waals surface area contributed by atoms with Gasteiger partial charge in [0.2, 0.25) is 17.7 Å². The Balaban J connectivity index is 1.51. The van der Waals surface area contributed by atoms with E-state index in [-0.39, 0.29) is 24.3 Å². The van der Waals surface area contributed by atoms with Crippen LogP contribution >= 0.6 is 11.8 Å². The molecular formula is C13H18N4O3S. The van der Waals surface area contributed by atoms with E-state index in [0.29, 0.717) is 36.4 Å². The maximum atomic E-state index is 12.2. The number of carbonyl (C=O) groups excluding carboxylic acids is 2. The molecule has 0 radical (unpaired) electrons. The van der Waals surface area contributed by atoms with Crippen molar-refractivity contribution in [2.75, 3.05) is 31.3 Å². The van der Waals surface area contributed by atoms with Gasteiger partial charge in [-0.25, -0.2) is 0 Å². The van der Waals surface area contributed by atoms with Gasteiger partial charge in [0.15, 0.2) is 5.82 Å². The third-order valence-corrected chi connectivity index (χ3v) is 4.84. The Kier molecular flexibility index (Phi) is 4.14. The second-order valence-electron chi connectivity index (χ2n) is 5.40. The molecule has 21 heavy (non-hydrogen) atoms. The summed E-state index contributed by atoms with van der Waals surface area (Å²) in [7, 11) is 0. The average molecular weight is 310 g/mol. The van der Waals surface area contributed by atoms with Gasteiger partial charge in [0, 0.05) is 19.0 Å². The van der Waals surface area contributed by atoms with Crippen LogP contribution in [-0.2, 0) is 9.59 Å². The minimum Gasteiger partial charge on any atom is -0.341 e. The number of thioether (sulfide) groups is 1. The van der Waals surface area contributed by atoms with E-state index in [9.17, 15) is 9.59 Å². The molecule has 1 aromatic heterocycles. The molecule has 0 spiro atoms. The van der Waals surface area contributed by atoms with E-state index in [1.54, 1.807) is 23.6 Å². The lowest BCUT2D eigenvalue weighted by molar-refractivity contribution is -0.138. The summed E-state index contributed by atoms with van der Waals surface area (Å²) >= 11 is 1.56. The summed E-state index contributed by atoms with van der Waals surface area (Å²) in [6, 6.07) is 0. The van der Waals surface area contributed by atoms with Gasteiger partial charge < -0.3 is 14.3 Å². The largest absolute Gasteiger partial charge is 0.341 e. The van der Waals surface area contributed by atoms with Crippen LogP contribution in [0.4, 0.5) is 0 Å². The number of carbonyl (C=O) groups is 2. The van der Waals surface area contributed by atoms with Crippen molar-refractivity contribution < 1.29 is 14.1 Å². The number of hydrogen-bond acceptors (Lipinski definition) is 6. The quantitative estimate of drug-likeness (QED) is 0.814. The highest BCUT2D eigenvalue weighted by Crippen LogP contribution is 2.27. The molecular weight excluding hydrogens is 292 g/mol. The average Bonchev–Trinajstić information content (AvgIpc) is 3.08. The first-order chi connectivity index (χ1) is 10.1. The third-order valence-electron chi connectivity index (χ3n) is 3.89. The highest BCUT2D eigenvalue weighted by molar-refractivity contribution is 8.00. The summed E-state index contributed by atoms with van der Waals surface area (Å²) in [5.41, 5.74) is 0. The zero-order chi connectivity index (χ0) is 14.8. The van der Waals surface area contributed by atoms with Crippen LogP contribution in [0.2, 0.25) is 0 Å². The van der Waals surface area contributed by atoms with Crippen LogP contribution in [0.3, 0.4) is 0 Å². The van der Waals surface area contributed by atoms with Gasteiger partial charge in [0.25, 0.3) is 0 Å². The van der Waals surface area contributed by atoms with Gasteiger partial charge in [-0.2, -0.15) is 4.98 Å². The van der Waals surface area contributed by atoms with Gasteiger partial charge in [-0.3, -0.25) is 9.59 Å².